The number of carbonyl (C=O) groups excluding carboxylic acids is 1. The molecule has 25 heavy (non-hydrogen) atoms. The van der Waals surface area contributed by atoms with E-state index in [1.54, 1.807) is 6.92 Å². The Kier molecular flexibility index (Phi) is 6.21. The molecule has 6 nitrogen and oxygen atoms in total. The van der Waals surface area contributed by atoms with Gasteiger partial charge in [-0.1, -0.05) is 6.07 Å². The predicted molar refractivity (Wildman–Crippen MR) is 92.7 cm³/mol. The Bertz CT molecular complexity index is 752. The van der Waals surface area contributed by atoms with Crippen molar-refractivity contribution >= 4 is 17.5 Å². The van der Waals surface area contributed by atoms with Gasteiger partial charge in [-0.15, -0.1) is 0 Å². The van der Waals surface area contributed by atoms with E-state index in [1.807, 2.05) is 25.1 Å². The lowest BCUT2D eigenvalue weighted by Crippen LogP contribution is -2.30. The van der Waals surface area contributed by atoms with E-state index in [-0.39, 0.29) is 17.9 Å². The molecule has 1 heterocycles. The van der Waals surface area contributed by atoms with Crippen molar-refractivity contribution in [3.8, 4) is 0 Å². The SMILES string of the molecule is Cc1nc(NCCNC(=O)Cc2ccc(F)cc2F)cc(N(C)C)n1. The molecular weight excluding hydrogens is 328 g/mol. The average molecular weight is 349 g/mol. The van der Waals surface area contributed by atoms with E-state index >= 15 is 0 Å². The monoisotopic (exact) mass is 349 g/mol. The topological polar surface area (TPSA) is 70.2 Å². The summed E-state index contributed by atoms with van der Waals surface area (Å²) in [5.41, 5.74) is 0.161. The lowest BCUT2D eigenvalue weighted by molar-refractivity contribution is -0.120. The van der Waals surface area contributed by atoms with Crippen LogP contribution in [0.3, 0.4) is 0 Å². The van der Waals surface area contributed by atoms with Crippen molar-refractivity contribution in [1.82, 2.24) is 15.3 Å². The third-order valence-corrected chi connectivity index (χ3v) is 3.40. The first-order valence-corrected chi connectivity index (χ1v) is 7.82. The third kappa shape index (κ3) is 5.66. The Balaban J connectivity index is 1.80. The maximum absolute atomic E-state index is 13.5. The molecule has 0 saturated heterocycles. The molecule has 0 aliphatic carbocycles. The molecule has 2 rings (SSSR count). The van der Waals surface area contributed by atoms with Crippen molar-refractivity contribution in [3.63, 3.8) is 0 Å². The quantitative estimate of drug-likeness (QED) is 0.747. The number of aryl methyl sites for hydroxylation is 1. The first-order valence-electron chi connectivity index (χ1n) is 7.82. The number of aromatic nitrogens is 2. The van der Waals surface area contributed by atoms with Crippen LogP contribution in [0.5, 0.6) is 0 Å². The molecule has 0 radical (unpaired) electrons. The lowest BCUT2D eigenvalue weighted by atomic mass is 10.1. The molecule has 0 fully saturated rings. The van der Waals surface area contributed by atoms with Gasteiger partial charge < -0.3 is 15.5 Å². The van der Waals surface area contributed by atoms with E-state index in [0.717, 1.165) is 18.0 Å². The van der Waals surface area contributed by atoms with Crippen LogP contribution in [0.4, 0.5) is 20.4 Å². The lowest BCUT2D eigenvalue weighted by Gasteiger charge is -2.14. The number of nitrogens with one attached hydrogen (secondary N) is 2. The molecule has 134 valence electrons. The summed E-state index contributed by atoms with van der Waals surface area (Å²) in [4.78, 5) is 22.3. The average Bonchev–Trinajstić information content (AvgIpc) is 2.54. The minimum Gasteiger partial charge on any atom is -0.368 e. The van der Waals surface area contributed by atoms with Gasteiger partial charge in [0, 0.05) is 39.3 Å². The van der Waals surface area contributed by atoms with Gasteiger partial charge in [-0.25, -0.2) is 18.7 Å². The second kappa shape index (κ2) is 8.36. The summed E-state index contributed by atoms with van der Waals surface area (Å²) < 4.78 is 26.3. The molecule has 1 aromatic heterocycles. The summed E-state index contributed by atoms with van der Waals surface area (Å²) in [5.74, 6) is 0.370. The van der Waals surface area contributed by atoms with E-state index in [1.165, 1.54) is 6.07 Å². The number of rotatable bonds is 7. The summed E-state index contributed by atoms with van der Waals surface area (Å²) in [6, 6.07) is 4.98. The Labute approximate surface area is 145 Å². The number of hydrogen-bond acceptors (Lipinski definition) is 5. The normalized spacial score (nSPS) is 10.4. The molecule has 2 N–H and O–H groups in total. The van der Waals surface area contributed by atoms with Crippen LogP contribution in [-0.2, 0) is 11.2 Å². The van der Waals surface area contributed by atoms with Crippen LogP contribution in [0.2, 0.25) is 0 Å². The summed E-state index contributed by atoms with van der Waals surface area (Å²) in [6.45, 7) is 2.61. The summed E-state index contributed by atoms with van der Waals surface area (Å²) in [5, 5.41) is 5.78. The largest absolute Gasteiger partial charge is 0.368 e. The van der Waals surface area contributed by atoms with Gasteiger partial charge in [0.15, 0.2) is 0 Å². The zero-order chi connectivity index (χ0) is 18.4. The fraction of sp³-hybridized carbons (Fsp3) is 0.353. The van der Waals surface area contributed by atoms with E-state index in [0.29, 0.717) is 24.7 Å². The second-order valence-electron chi connectivity index (χ2n) is 5.74. The van der Waals surface area contributed by atoms with Crippen molar-refractivity contribution in [2.24, 2.45) is 0 Å². The third-order valence-electron chi connectivity index (χ3n) is 3.40. The first kappa shape index (κ1) is 18.6. The van der Waals surface area contributed by atoms with Crippen LogP contribution in [0.1, 0.15) is 11.4 Å². The number of halogens is 2. The molecule has 0 unspecified atom stereocenters. The van der Waals surface area contributed by atoms with E-state index < -0.39 is 11.6 Å². The van der Waals surface area contributed by atoms with Gasteiger partial charge in [-0.05, 0) is 18.6 Å². The molecule has 0 atom stereocenters. The molecule has 1 amide bonds. The van der Waals surface area contributed by atoms with Crippen LogP contribution >= 0.6 is 0 Å². The highest BCUT2D eigenvalue weighted by atomic mass is 19.1. The van der Waals surface area contributed by atoms with Gasteiger partial charge in [0.25, 0.3) is 0 Å². The van der Waals surface area contributed by atoms with E-state index in [4.69, 9.17) is 0 Å². The minimum absolute atomic E-state index is 0.135. The first-order chi connectivity index (χ1) is 11.8. The number of anilines is 2. The fourth-order valence-electron chi connectivity index (χ4n) is 2.16. The standard InChI is InChI=1S/C17H21F2N5O/c1-11-22-15(10-16(23-11)24(2)3)20-6-7-21-17(25)8-12-4-5-13(18)9-14(12)19/h4-5,9-10H,6-8H2,1-3H3,(H,21,25)(H,20,22,23). The Morgan fingerprint density at radius 1 is 1.16 bits per heavy atom. The van der Waals surface area contributed by atoms with Crippen LogP contribution in [0.25, 0.3) is 0 Å². The molecule has 1 aromatic carbocycles. The van der Waals surface area contributed by atoms with Crippen molar-refractivity contribution in [2.45, 2.75) is 13.3 Å². The molecular formula is C17H21F2N5O. The van der Waals surface area contributed by atoms with Crippen LogP contribution in [-0.4, -0.2) is 43.1 Å². The molecule has 0 spiro atoms. The Morgan fingerprint density at radius 3 is 2.60 bits per heavy atom. The number of carbonyl (C=O) groups is 1. The van der Waals surface area contributed by atoms with Gasteiger partial charge in [0.05, 0.1) is 6.42 Å². The molecule has 0 aliphatic heterocycles. The van der Waals surface area contributed by atoms with Crippen LogP contribution in [0, 0.1) is 18.6 Å². The van der Waals surface area contributed by atoms with Crippen molar-refractivity contribution in [2.75, 3.05) is 37.4 Å². The minimum atomic E-state index is -0.721. The number of benzene rings is 1. The second-order valence-corrected chi connectivity index (χ2v) is 5.74. The predicted octanol–water partition coefficient (Wildman–Crippen LogP) is 1.90. The molecule has 2 aromatic rings. The van der Waals surface area contributed by atoms with Gasteiger partial charge in [-0.2, -0.15) is 0 Å². The maximum atomic E-state index is 13.5. The van der Waals surface area contributed by atoms with Crippen molar-refractivity contribution in [1.29, 1.82) is 0 Å². The Morgan fingerprint density at radius 2 is 1.92 bits per heavy atom. The highest BCUT2D eigenvalue weighted by molar-refractivity contribution is 5.78. The molecule has 0 aliphatic rings. The van der Waals surface area contributed by atoms with Gasteiger partial charge in [0.1, 0.15) is 29.1 Å². The van der Waals surface area contributed by atoms with E-state index in [2.05, 4.69) is 20.6 Å². The van der Waals surface area contributed by atoms with Gasteiger partial charge >= 0.3 is 0 Å². The zero-order valence-corrected chi connectivity index (χ0v) is 14.4. The number of nitrogens with zero attached hydrogens (tertiary/aromatic N) is 3. The van der Waals surface area contributed by atoms with Gasteiger partial charge in [0.2, 0.25) is 5.91 Å². The highest BCUT2D eigenvalue weighted by Crippen LogP contribution is 2.13. The van der Waals surface area contributed by atoms with Crippen LogP contribution in [0.15, 0.2) is 24.3 Å². The highest BCUT2D eigenvalue weighted by Gasteiger charge is 2.09. The van der Waals surface area contributed by atoms with E-state index in [9.17, 15) is 13.6 Å². The molecule has 0 bridgehead atoms. The zero-order valence-electron chi connectivity index (χ0n) is 14.4. The maximum Gasteiger partial charge on any atom is 0.224 e. The number of amides is 1. The van der Waals surface area contributed by atoms with Crippen molar-refractivity contribution < 1.29 is 13.6 Å². The van der Waals surface area contributed by atoms with Gasteiger partial charge in [-0.3, -0.25) is 4.79 Å². The summed E-state index contributed by atoms with van der Waals surface area (Å²) >= 11 is 0. The molecule has 8 heteroatoms. The molecule has 0 saturated carbocycles. The summed E-state index contributed by atoms with van der Waals surface area (Å²) in [6.07, 6.45) is -0.135. The fourth-order valence-corrected chi connectivity index (χ4v) is 2.16. The summed E-state index contributed by atoms with van der Waals surface area (Å²) in [7, 11) is 3.78. The Hall–Kier alpha value is -2.77. The van der Waals surface area contributed by atoms with Crippen molar-refractivity contribution in [3.05, 3.63) is 47.3 Å². The number of hydrogen-bond donors (Lipinski definition) is 2. The smallest absolute Gasteiger partial charge is 0.224 e. The van der Waals surface area contributed by atoms with Crippen LogP contribution < -0.4 is 15.5 Å².